The van der Waals surface area contributed by atoms with Crippen molar-refractivity contribution in [3.05, 3.63) is 35.6 Å². The number of hydrogen-bond donors (Lipinski definition) is 1. The van der Waals surface area contributed by atoms with Crippen molar-refractivity contribution in [3.8, 4) is 5.75 Å². The number of nitrogens with one attached hydrogen (secondary N) is 1. The number of fused-ring (bicyclic) bond motifs is 3. The summed E-state index contributed by atoms with van der Waals surface area (Å²) < 4.78 is 5.30. The molecule has 1 N–H and O–H groups in total. The lowest BCUT2D eigenvalue weighted by atomic mass is 10.2. The third-order valence-corrected chi connectivity index (χ3v) is 2.87. The maximum atomic E-state index is 5.89. The quantitative estimate of drug-likeness (QED) is 0.653. The zero-order valence-electron chi connectivity index (χ0n) is 8.62. The predicted molar refractivity (Wildman–Crippen MR) is 65.2 cm³/mol. The minimum absolute atomic E-state index is 0.496. The number of halogens is 1. The summed E-state index contributed by atoms with van der Waals surface area (Å²) >= 11 is 5.89. The van der Waals surface area contributed by atoms with Crippen LogP contribution in [0.3, 0.4) is 0 Å². The molecule has 2 heterocycles. The van der Waals surface area contributed by atoms with Crippen LogP contribution in [0.1, 0.15) is 0 Å². The zero-order chi connectivity index (χ0) is 11.1. The molecule has 0 amide bonds. The summed E-state index contributed by atoms with van der Waals surface area (Å²) in [6, 6.07) is 7.78. The van der Waals surface area contributed by atoms with Gasteiger partial charge in [0, 0.05) is 10.8 Å². The van der Waals surface area contributed by atoms with Gasteiger partial charge in [0.15, 0.2) is 0 Å². The molecular formula is C12H9ClN2O. The lowest BCUT2D eigenvalue weighted by molar-refractivity contribution is 0.419. The van der Waals surface area contributed by atoms with Crippen molar-refractivity contribution < 1.29 is 4.74 Å². The van der Waals surface area contributed by atoms with E-state index in [4.69, 9.17) is 16.3 Å². The van der Waals surface area contributed by atoms with Crippen LogP contribution in [0.15, 0.2) is 30.5 Å². The van der Waals surface area contributed by atoms with Crippen molar-refractivity contribution in [1.29, 1.82) is 0 Å². The average Bonchev–Trinajstić information content (AvgIpc) is 2.67. The number of para-hydroxylation sites is 1. The number of H-pyrrole nitrogens is 1. The van der Waals surface area contributed by atoms with E-state index < -0.39 is 0 Å². The molecule has 4 heteroatoms. The fraction of sp³-hybridized carbons (Fsp3) is 0.0833. The largest absolute Gasteiger partial charge is 0.495 e. The highest BCUT2D eigenvalue weighted by atomic mass is 35.5. The average molecular weight is 233 g/mol. The Morgan fingerprint density at radius 1 is 1.31 bits per heavy atom. The van der Waals surface area contributed by atoms with Gasteiger partial charge in [-0.3, -0.25) is 0 Å². The van der Waals surface area contributed by atoms with Crippen LogP contribution in [0.2, 0.25) is 5.15 Å². The number of rotatable bonds is 1. The molecular weight excluding hydrogens is 224 g/mol. The SMILES string of the molecule is COc1cccc2c1[nH]c1cnc(Cl)cc12. The van der Waals surface area contributed by atoms with Gasteiger partial charge < -0.3 is 9.72 Å². The minimum Gasteiger partial charge on any atom is -0.495 e. The van der Waals surface area contributed by atoms with Gasteiger partial charge in [-0.15, -0.1) is 0 Å². The molecule has 0 fully saturated rings. The Kier molecular flexibility index (Phi) is 2.01. The molecule has 2 aromatic heterocycles. The summed E-state index contributed by atoms with van der Waals surface area (Å²) in [5.41, 5.74) is 1.94. The van der Waals surface area contributed by atoms with Crippen LogP contribution in [0, 0.1) is 0 Å². The van der Waals surface area contributed by atoms with Crippen LogP contribution in [-0.4, -0.2) is 17.1 Å². The number of aromatic nitrogens is 2. The summed E-state index contributed by atoms with van der Waals surface area (Å²) in [4.78, 5) is 7.33. The normalized spacial score (nSPS) is 11.1. The van der Waals surface area contributed by atoms with E-state index in [2.05, 4.69) is 9.97 Å². The number of pyridine rings is 1. The molecule has 0 saturated carbocycles. The second-order valence-corrected chi connectivity index (χ2v) is 3.95. The van der Waals surface area contributed by atoms with Crippen molar-refractivity contribution in [2.24, 2.45) is 0 Å². The van der Waals surface area contributed by atoms with E-state index in [1.807, 2.05) is 24.3 Å². The van der Waals surface area contributed by atoms with Crippen molar-refractivity contribution in [2.45, 2.75) is 0 Å². The first kappa shape index (κ1) is 9.48. The molecule has 16 heavy (non-hydrogen) atoms. The topological polar surface area (TPSA) is 37.9 Å². The summed E-state index contributed by atoms with van der Waals surface area (Å²) in [6.45, 7) is 0. The molecule has 3 aromatic rings. The minimum atomic E-state index is 0.496. The number of benzene rings is 1. The molecule has 1 aromatic carbocycles. The highest BCUT2D eigenvalue weighted by molar-refractivity contribution is 6.30. The Labute approximate surface area is 97.0 Å². The molecule has 80 valence electrons. The monoisotopic (exact) mass is 232 g/mol. The van der Waals surface area contributed by atoms with Gasteiger partial charge in [-0.25, -0.2) is 4.98 Å². The lowest BCUT2D eigenvalue weighted by Crippen LogP contribution is -1.82. The Hall–Kier alpha value is -1.74. The highest BCUT2D eigenvalue weighted by Crippen LogP contribution is 2.31. The van der Waals surface area contributed by atoms with Crippen LogP contribution < -0.4 is 4.74 Å². The molecule has 0 aliphatic heterocycles. The summed E-state index contributed by atoms with van der Waals surface area (Å²) in [6.07, 6.45) is 1.73. The Morgan fingerprint density at radius 3 is 3.00 bits per heavy atom. The number of ether oxygens (including phenoxy) is 1. The summed E-state index contributed by atoms with van der Waals surface area (Å²) in [5.74, 6) is 0.824. The zero-order valence-corrected chi connectivity index (χ0v) is 9.38. The number of hydrogen-bond acceptors (Lipinski definition) is 2. The van der Waals surface area contributed by atoms with Gasteiger partial charge in [-0.1, -0.05) is 23.7 Å². The second kappa shape index (κ2) is 3.39. The molecule has 0 aliphatic rings. The third-order valence-electron chi connectivity index (χ3n) is 2.67. The molecule has 0 spiro atoms. The Balaban J connectivity index is 2.50. The smallest absolute Gasteiger partial charge is 0.142 e. The van der Waals surface area contributed by atoms with Gasteiger partial charge in [-0.2, -0.15) is 0 Å². The van der Waals surface area contributed by atoms with Gasteiger partial charge in [0.2, 0.25) is 0 Å². The Bertz CT molecular complexity index is 675. The number of nitrogens with zero attached hydrogens (tertiary/aromatic N) is 1. The molecule has 3 rings (SSSR count). The van der Waals surface area contributed by atoms with Crippen molar-refractivity contribution in [1.82, 2.24) is 9.97 Å². The first-order chi connectivity index (χ1) is 7.79. The highest BCUT2D eigenvalue weighted by Gasteiger charge is 2.08. The molecule has 0 bridgehead atoms. The molecule has 0 atom stereocenters. The lowest BCUT2D eigenvalue weighted by Gasteiger charge is -1.99. The van der Waals surface area contributed by atoms with E-state index in [0.29, 0.717) is 5.15 Å². The van der Waals surface area contributed by atoms with E-state index in [9.17, 15) is 0 Å². The fourth-order valence-corrected chi connectivity index (χ4v) is 2.10. The Morgan fingerprint density at radius 2 is 2.19 bits per heavy atom. The van der Waals surface area contributed by atoms with Crippen LogP contribution in [0.5, 0.6) is 5.75 Å². The van der Waals surface area contributed by atoms with Gasteiger partial charge in [-0.05, 0) is 12.1 Å². The van der Waals surface area contributed by atoms with E-state index >= 15 is 0 Å². The number of aromatic amines is 1. The van der Waals surface area contributed by atoms with E-state index in [1.165, 1.54) is 0 Å². The maximum Gasteiger partial charge on any atom is 0.142 e. The van der Waals surface area contributed by atoms with E-state index in [-0.39, 0.29) is 0 Å². The maximum absolute atomic E-state index is 5.89. The van der Waals surface area contributed by atoms with Crippen LogP contribution in [0.4, 0.5) is 0 Å². The first-order valence-corrected chi connectivity index (χ1v) is 5.27. The molecule has 0 aliphatic carbocycles. The summed E-state index contributed by atoms with van der Waals surface area (Å²) in [5, 5.41) is 2.66. The predicted octanol–water partition coefficient (Wildman–Crippen LogP) is 3.38. The second-order valence-electron chi connectivity index (χ2n) is 3.56. The molecule has 0 unspecified atom stereocenters. The fourth-order valence-electron chi connectivity index (χ4n) is 1.94. The number of methoxy groups -OCH3 is 1. The van der Waals surface area contributed by atoms with Crippen molar-refractivity contribution in [2.75, 3.05) is 7.11 Å². The molecule has 0 radical (unpaired) electrons. The van der Waals surface area contributed by atoms with Crippen molar-refractivity contribution in [3.63, 3.8) is 0 Å². The van der Waals surface area contributed by atoms with Crippen LogP contribution in [-0.2, 0) is 0 Å². The van der Waals surface area contributed by atoms with E-state index in [0.717, 1.165) is 27.6 Å². The van der Waals surface area contributed by atoms with Gasteiger partial charge in [0.25, 0.3) is 0 Å². The van der Waals surface area contributed by atoms with E-state index in [1.54, 1.807) is 13.3 Å². The molecule has 0 saturated heterocycles. The van der Waals surface area contributed by atoms with Gasteiger partial charge >= 0.3 is 0 Å². The standard InChI is InChI=1S/C12H9ClN2O/c1-16-10-4-2-3-7-8-5-11(13)14-6-9(8)15-12(7)10/h2-6,15H,1H3. The first-order valence-electron chi connectivity index (χ1n) is 4.89. The third kappa shape index (κ3) is 1.25. The van der Waals surface area contributed by atoms with Crippen LogP contribution >= 0.6 is 11.6 Å². The molecule has 3 nitrogen and oxygen atoms in total. The van der Waals surface area contributed by atoms with Gasteiger partial charge in [0.1, 0.15) is 10.9 Å². The summed E-state index contributed by atoms with van der Waals surface area (Å²) in [7, 11) is 1.66. The van der Waals surface area contributed by atoms with Crippen LogP contribution in [0.25, 0.3) is 21.8 Å². The van der Waals surface area contributed by atoms with Crippen molar-refractivity contribution >= 4 is 33.4 Å². The van der Waals surface area contributed by atoms with Gasteiger partial charge in [0.05, 0.1) is 24.3 Å².